The number of piperazine rings is 1. The van der Waals surface area contributed by atoms with Crippen molar-refractivity contribution >= 4 is 11.8 Å². The van der Waals surface area contributed by atoms with Crippen molar-refractivity contribution in [3.63, 3.8) is 0 Å². The van der Waals surface area contributed by atoms with Crippen molar-refractivity contribution in [2.75, 3.05) is 26.2 Å². The van der Waals surface area contributed by atoms with E-state index in [-0.39, 0.29) is 29.0 Å². The second kappa shape index (κ2) is 6.98. The van der Waals surface area contributed by atoms with E-state index in [2.05, 4.69) is 17.2 Å². The van der Waals surface area contributed by atoms with E-state index in [9.17, 15) is 14.4 Å². The lowest BCUT2D eigenvalue weighted by Gasteiger charge is -2.34. The summed E-state index contributed by atoms with van der Waals surface area (Å²) in [7, 11) is 1.52. The fourth-order valence-corrected chi connectivity index (χ4v) is 3.68. The zero-order chi connectivity index (χ0) is 19.0. The van der Waals surface area contributed by atoms with Crippen LogP contribution in [0.1, 0.15) is 28.4 Å². The molecule has 2 heterocycles. The van der Waals surface area contributed by atoms with Gasteiger partial charge in [-0.25, -0.2) is 4.68 Å². The molecule has 2 aromatic rings. The highest BCUT2D eigenvalue weighted by Gasteiger charge is 2.46. The molecule has 1 saturated carbocycles. The van der Waals surface area contributed by atoms with E-state index in [4.69, 9.17) is 0 Å². The van der Waals surface area contributed by atoms with E-state index in [1.807, 2.05) is 23.1 Å². The molecule has 2 fully saturated rings. The van der Waals surface area contributed by atoms with Crippen LogP contribution in [-0.4, -0.2) is 57.6 Å². The molecule has 4 rings (SSSR count). The van der Waals surface area contributed by atoms with E-state index in [0.717, 1.165) is 11.1 Å². The Hall–Kier alpha value is -2.96. The molecule has 27 heavy (non-hydrogen) atoms. The Morgan fingerprint density at radius 2 is 1.63 bits per heavy atom. The second-order valence-corrected chi connectivity index (χ2v) is 7.16. The smallest absolute Gasteiger partial charge is 0.274 e. The first-order chi connectivity index (χ1) is 13.0. The molecular formula is C20H22N4O3. The second-order valence-electron chi connectivity index (χ2n) is 7.16. The lowest BCUT2D eigenvalue weighted by atomic mass is 10.1. The SMILES string of the molecule is Cn1nc(C(=O)N2CCN(C(=O)[C@H]3C[C@@H]3c3ccccc3)CC2)ccc1=O. The van der Waals surface area contributed by atoms with Crippen LogP contribution in [0.2, 0.25) is 0 Å². The van der Waals surface area contributed by atoms with Gasteiger partial charge in [0.05, 0.1) is 0 Å². The number of amides is 2. The highest BCUT2D eigenvalue weighted by Crippen LogP contribution is 2.48. The first kappa shape index (κ1) is 17.5. The fraction of sp³-hybridized carbons (Fsp3) is 0.400. The molecular weight excluding hydrogens is 344 g/mol. The van der Waals surface area contributed by atoms with E-state index in [1.54, 1.807) is 4.90 Å². The quantitative estimate of drug-likeness (QED) is 0.808. The predicted octanol–water partition coefficient (Wildman–Crippen LogP) is 0.868. The Kier molecular flexibility index (Phi) is 4.51. The van der Waals surface area contributed by atoms with E-state index in [1.165, 1.54) is 24.7 Å². The van der Waals surface area contributed by atoms with Gasteiger partial charge in [0.1, 0.15) is 5.69 Å². The van der Waals surface area contributed by atoms with E-state index < -0.39 is 0 Å². The summed E-state index contributed by atoms with van der Waals surface area (Å²) in [6.45, 7) is 2.04. The Balaban J connectivity index is 1.34. The maximum absolute atomic E-state index is 12.7. The summed E-state index contributed by atoms with van der Waals surface area (Å²) in [5.74, 6) is 0.385. The van der Waals surface area contributed by atoms with Crippen molar-refractivity contribution < 1.29 is 9.59 Å². The third-order valence-corrected chi connectivity index (χ3v) is 5.39. The Labute approximate surface area is 157 Å². The molecule has 2 aliphatic rings. The number of hydrogen-bond acceptors (Lipinski definition) is 4. The molecule has 2 atom stereocenters. The first-order valence-electron chi connectivity index (χ1n) is 9.22. The van der Waals surface area contributed by atoms with E-state index >= 15 is 0 Å². The molecule has 0 unspecified atom stereocenters. The lowest BCUT2D eigenvalue weighted by molar-refractivity contribution is -0.134. The number of hydrogen-bond donors (Lipinski definition) is 0. The van der Waals surface area contributed by atoms with Crippen LogP contribution in [0, 0.1) is 5.92 Å². The van der Waals surface area contributed by atoms with Gasteiger partial charge in [-0.1, -0.05) is 30.3 Å². The number of nitrogens with zero attached hydrogens (tertiary/aromatic N) is 4. The largest absolute Gasteiger partial charge is 0.339 e. The van der Waals surface area contributed by atoms with Gasteiger partial charge >= 0.3 is 0 Å². The molecule has 1 aliphatic carbocycles. The van der Waals surface area contributed by atoms with Crippen molar-refractivity contribution in [1.82, 2.24) is 19.6 Å². The van der Waals surface area contributed by atoms with Crippen molar-refractivity contribution in [2.24, 2.45) is 13.0 Å². The summed E-state index contributed by atoms with van der Waals surface area (Å²) in [5.41, 5.74) is 1.23. The van der Waals surface area contributed by atoms with Gasteiger partial charge in [0, 0.05) is 45.2 Å². The minimum atomic E-state index is -0.251. The van der Waals surface area contributed by atoms with E-state index in [0.29, 0.717) is 32.1 Å². The lowest BCUT2D eigenvalue weighted by Crippen LogP contribution is -2.51. The van der Waals surface area contributed by atoms with Crippen molar-refractivity contribution in [3.8, 4) is 0 Å². The molecule has 7 heteroatoms. The zero-order valence-corrected chi connectivity index (χ0v) is 15.2. The minimum absolute atomic E-state index is 0.0694. The third kappa shape index (κ3) is 3.49. The van der Waals surface area contributed by atoms with Gasteiger partial charge in [-0.15, -0.1) is 0 Å². The number of aromatic nitrogens is 2. The molecule has 0 N–H and O–H groups in total. The zero-order valence-electron chi connectivity index (χ0n) is 15.2. The number of benzene rings is 1. The average Bonchev–Trinajstić information content (AvgIpc) is 3.51. The summed E-state index contributed by atoms with van der Waals surface area (Å²) in [6, 6.07) is 13.0. The van der Waals surface area contributed by atoms with Gasteiger partial charge in [-0.2, -0.15) is 5.10 Å². The van der Waals surface area contributed by atoms with Crippen LogP contribution in [0.15, 0.2) is 47.3 Å². The predicted molar refractivity (Wildman–Crippen MR) is 99.3 cm³/mol. The summed E-state index contributed by atoms with van der Waals surface area (Å²) in [4.78, 5) is 40.3. The molecule has 140 valence electrons. The van der Waals surface area contributed by atoms with Gasteiger partial charge in [-0.3, -0.25) is 14.4 Å². The maximum Gasteiger partial charge on any atom is 0.274 e. The fourth-order valence-electron chi connectivity index (χ4n) is 3.68. The van der Waals surface area contributed by atoms with Gasteiger partial charge in [0.25, 0.3) is 11.5 Å². The highest BCUT2D eigenvalue weighted by atomic mass is 16.2. The summed E-state index contributed by atoms with van der Waals surface area (Å²) in [5, 5.41) is 4.02. The highest BCUT2D eigenvalue weighted by molar-refractivity contribution is 5.92. The number of carbonyl (C=O) groups excluding carboxylic acids is 2. The Morgan fingerprint density at radius 3 is 2.30 bits per heavy atom. The number of carbonyl (C=O) groups is 2. The van der Waals surface area contributed by atoms with Crippen molar-refractivity contribution in [2.45, 2.75) is 12.3 Å². The summed E-state index contributed by atoms with van der Waals surface area (Å²) >= 11 is 0. The number of rotatable bonds is 3. The molecule has 0 bridgehead atoms. The standard InChI is InChI=1S/C20H22N4O3/c1-22-18(25)8-7-17(21-22)20(27)24-11-9-23(10-12-24)19(26)16-13-15(16)14-5-3-2-4-6-14/h2-8,15-16H,9-13H2,1H3/t15-,16+/m1/s1. The number of aryl methyl sites for hydroxylation is 1. The van der Waals surface area contributed by atoms with Gasteiger partial charge in [0.15, 0.2) is 0 Å². The van der Waals surface area contributed by atoms with Crippen LogP contribution in [0.4, 0.5) is 0 Å². The monoisotopic (exact) mass is 366 g/mol. The van der Waals surface area contributed by atoms with Crippen LogP contribution in [0.25, 0.3) is 0 Å². The summed E-state index contributed by atoms with van der Waals surface area (Å²) in [6.07, 6.45) is 0.907. The van der Waals surface area contributed by atoms with Gasteiger partial charge in [0.2, 0.25) is 5.91 Å². The molecule has 0 radical (unpaired) electrons. The van der Waals surface area contributed by atoms with Crippen LogP contribution >= 0.6 is 0 Å². The van der Waals surface area contributed by atoms with Crippen LogP contribution in [0.5, 0.6) is 0 Å². The topological polar surface area (TPSA) is 75.5 Å². The molecule has 1 aromatic carbocycles. The van der Waals surface area contributed by atoms with Crippen LogP contribution < -0.4 is 5.56 Å². The van der Waals surface area contributed by atoms with Crippen molar-refractivity contribution in [1.29, 1.82) is 0 Å². The Morgan fingerprint density at radius 1 is 0.963 bits per heavy atom. The van der Waals surface area contributed by atoms with Gasteiger partial charge < -0.3 is 9.80 Å². The first-order valence-corrected chi connectivity index (χ1v) is 9.22. The summed E-state index contributed by atoms with van der Waals surface area (Å²) < 4.78 is 1.16. The maximum atomic E-state index is 12.7. The van der Waals surface area contributed by atoms with Crippen molar-refractivity contribution in [3.05, 3.63) is 64.1 Å². The normalized spacial score (nSPS) is 21.8. The van der Waals surface area contributed by atoms with Crippen LogP contribution in [0.3, 0.4) is 0 Å². The molecule has 1 saturated heterocycles. The molecule has 0 spiro atoms. The third-order valence-electron chi connectivity index (χ3n) is 5.39. The molecule has 7 nitrogen and oxygen atoms in total. The van der Waals surface area contributed by atoms with Crippen LogP contribution in [-0.2, 0) is 11.8 Å². The molecule has 1 aromatic heterocycles. The van der Waals surface area contributed by atoms with Gasteiger partial charge in [-0.05, 0) is 24.0 Å². The molecule has 2 amide bonds. The molecule has 1 aliphatic heterocycles. The minimum Gasteiger partial charge on any atom is -0.339 e. The Bertz CT molecular complexity index is 916. The average molecular weight is 366 g/mol.